The molecule has 0 heterocycles. The molecule has 0 saturated carbocycles. The summed E-state index contributed by atoms with van der Waals surface area (Å²) in [7, 11) is 0. The monoisotopic (exact) mass is 137 g/mol. The molecule has 1 N–H and O–H groups in total. The number of hydrogen-bond acceptors (Lipinski definition) is 1. The van der Waals surface area contributed by atoms with Gasteiger partial charge in [0.05, 0.1) is 0 Å². The number of halogens is 1. The molecule has 0 saturated heterocycles. The smallest absolute Gasteiger partial charge is 0.00259 e. The Bertz CT molecular complexity index is 37.5. The fourth-order valence-corrected chi connectivity index (χ4v) is 0.433. The standard InChI is InChI=1S/C6H15N.ClH/c1-4-7-5-6(2)3;/h6-7H,4-5H2,1-3H3;1H. The highest BCUT2D eigenvalue weighted by Gasteiger charge is 1.86. The van der Waals surface area contributed by atoms with E-state index >= 15 is 0 Å². The van der Waals surface area contributed by atoms with Crippen LogP contribution in [0.3, 0.4) is 0 Å². The van der Waals surface area contributed by atoms with Gasteiger partial charge < -0.3 is 5.32 Å². The molecule has 0 rings (SSSR count). The van der Waals surface area contributed by atoms with E-state index in [0.717, 1.165) is 19.0 Å². The second kappa shape index (κ2) is 7.25. The number of rotatable bonds is 3. The molecule has 0 aromatic heterocycles. The molecule has 0 aliphatic heterocycles. The van der Waals surface area contributed by atoms with Gasteiger partial charge in [-0.05, 0) is 19.0 Å². The molecule has 0 aliphatic carbocycles. The van der Waals surface area contributed by atoms with E-state index in [1.54, 1.807) is 0 Å². The van der Waals surface area contributed by atoms with Crippen LogP contribution >= 0.6 is 12.4 Å². The third kappa shape index (κ3) is 9.54. The van der Waals surface area contributed by atoms with Crippen LogP contribution in [0, 0.1) is 5.92 Å². The largest absolute Gasteiger partial charge is 0.317 e. The summed E-state index contributed by atoms with van der Waals surface area (Å²) < 4.78 is 0. The van der Waals surface area contributed by atoms with Gasteiger partial charge in [0.2, 0.25) is 0 Å². The topological polar surface area (TPSA) is 12.0 Å². The Balaban J connectivity index is 0. The predicted octanol–water partition coefficient (Wildman–Crippen LogP) is 1.67. The Kier molecular flexibility index (Phi) is 10.1. The molecular weight excluding hydrogens is 122 g/mol. The first-order valence-electron chi connectivity index (χ1n) is 2.98. The molecule has 2 heteroatoms. The molecule has 0 amide bonds. The maximum Gasteiger partial charge on any atom is -0.00259 e. The summed E-state index contributed by atoms with van der Waals surface area (Å²) in [6.45, 7) is 8.79. The lowest BCUT2D eigenvalue weighted by molar-refractivity contribution is 0.566. The Labute approximate surface area is 58.3 Å². The van der Waals surface area contributed by atoms with E-state index in [1.807, 2.05) is 0 Å². The van der Waals surface area contributed by atoms with Crippen molar-refractivity contribution in [2.75, 3.05) is 13.1 Å². The highest BCUT2D eigenvalue weighted by molar-refractivity contribution is 5.85. The van der Waals surface area contributed by atoms with E-state index < -0.39 is 0 Å². The van der Waals surface area contributed by atoms with Gasteiger partial charge in [0.1, 0.15) is 0 Å². The van der Waals surface area contributed by atoms with E-state index in [1.165, 1.54) is 0 Å². The first-order chi connectivity index (χ1) is 3.27. The predicted molar refractivity (Wildman–Crippen MR) is 40.6 cm³/mol. The highest BCUT2D eigenvalue weighted by Crippen LogP contribution is 1.84. The van der Waals surface area contributed by atoms with Crippen molar-refractivity contribution in [3.8, 4) is 0 Å². The van der Waals surface area contributed by atoms with Crippen LogP contribution in [0.5, 0.6) is 0 Å². The lowest BCUT2D eigenvalue weighted by Crippen LogP contribution is -2.18. The van der Waals surface area contributed by atoms with Gasteiger partial charge in [-0.1, -0.05) is 20.8 Å². The van der Waals surface area contributed by atoms with Crippen molar-refractivity contribution in [3.63, 3.8) is 0 Å². The average Bonchev–Trinajstić information content (AvgIpc) is 1.61. The van der Waals surface area contributed by atoms with Crippen molar-refractivity contribution in [1.82, 2.24) is 5.32 Å². The van der Waals surface area contributed by atoms with Gasteiger partial charge in [-0.25, -0.2) is 0 Å². The summed E-state index contributed by atoms with van der Waals surface area (Å²) in [6.07, 6.45) is 0. The molecule has 0 aromatic rings. The quantitative estimate of drug-likeness (QED) is 0.624. The molecule has 0 fully saturated rings. The summed E-state index contributed by atoms with van der Waals surface area (Å²) in [6, 6.07) is 0. The van der Waals surface area contributed by atoms with E-state index in [2.05, 4.69) is 26.1 Å². The number of nitrogens with one attached hydrogen (secondary N) is 1. The van der Waals surface area contributed by atoms with Gasteiger partial charge >= 0.3 is 0 Å². The molecule has 0 unspecified atom stereocenters. The van der Waals surface area contributed by atoms with Crippen molar-refractivity contribution in [3.05, 3.63) is 0 Å². The maximum atomic E-state index is 3.25. The first-order valence-corrected chi connectivity index (χ1v) is 2.98. The normalized spacial score (nSPS) is 9.00. The van der Waals surface area contributed by atoms with Gasteiger partial charge in [0.25, 0.3) is 0 Å². The minimum absolute atomic E-state index is 0. The lowest BCUT2D eigenvalue weighted by Gasteiger charge is -2.01. The van der Waals surface area contributed by atoms with Crippen LogP contribution in [0.2, 0.25) is 0 Å². The SMILES string of the molecule is CCNCC(C)C.Cl. The summed E-state index contributed by atoms with van der Waals surface area (Å²) in [4.78, 5) is 0. The van der Waals surface area contributed by atoms with Crippen molar-refractivity contribution in [2.24, 2.45) is 5.92 Å². The number of hydrogen-bond donors (Lipinski definition) is 1. The molecule has 8 heavy (non-hydrogen) atoms. The van der Waals surface area contributed by atoms with Crippen LogP contribution in [-0.2, 0) is 0 Å². The van der Waals surface area contributed by atoms with E-state index in [9.17, 15) is 0 Å². The summed E-state index contributed by atoms with van der Waals surface area (Å²) in [5, 5.41) is 3.25. The second-order valence-electron chi connectivity index (χ2n) is 2.20. The van der Waals surface area contributed by atoms with Crippen LogP contribution in [0.25, 0.3) is 0 Å². The van der Waals surface area contributed by atoms with Gasteiger partial charge in [0, 0.05) is 0 Å². The average molecular weight is 138 g/mol. The summed E-state index contributed by atoms with van der Waals surface area (Å²) in [5.74, 6) is 0.792. The molecule has 1 nitrogen and oxygen atoms in total. The minimum Gasteiger partial charge on any atom is -0.317 e. The Morgan fingerprint density at radius 2 is 1.88 bits per heavy atom. The van der Waals surface area contributed by atoms with E-state index in [-0.39, 0.29) is 12.4 Å². The second-order valence-corrected chi connectivity index (χ2v) is 2.20. The Morgan fingerprint density at radius 3 is 2.00 bits per heavy atom. The van der Waals surface area contributed by atoms with Crippen LogP contribution in [0.15, 0.2) is 0 Å². The van der Waals surface area contributed by atoms with Crippen LogP contribution in [-0.4, -0.2) is 13.1 Å². The third-order valence-corrected chi connectivity index (χ3v) is 0.803. The van der Waals surface area contributed by atoms with E-state index in [4.69, 9.17) is 0 Å². The van der Waals surface area contributed by atoms with Crippen LogP contribution in [0.4, 0.5) is 0 Å². The molecule has 0 spiro atoms. The van der Waals surface area contributed by atoms with Gasteiger partial charge in [-0.2, -0.15) is 0 Å². The van der Waals surface area contributed by atoms with Crippen molar-refractivity contribution in [1.29, 1.82) is 0 Å². The summed E-state index contributed by atoms with van der Waals surface area (Å²) in [5.41, 5.74) is 0. The third-order valence-electron chi connectivity index (χ3n) is 0.803. The molecule has 0 aromatic carbocycles. The lowest BCUT2D eigenvalue weighted by atomic mass is 10.2. The molecule has 52 valence electrons. The zero-order valence-electron chi connectivity index (χ0n) is 5.90. The fourth-order valence-electron chi connectivity index (χ4n) is 0.433. The molecular formula is C6H16ClN. The summed E-state index contributed by atoms with van der Waals surface area (Å²) >= 11 is 0. The first kappa shape index (κ1) is 11.1. The molecule has 0 atom stereocenters. The Morgan fingerprint density at radius 1 is 1.38 bits per heavy atom. The van der Waals surface area contributed by atoms with Gasteiger partial charge in [0.15, 0.2) is 0 Å². The van der Waals surface area contributed by atoms with Crippen molar-refractivity contribution < 1.29 is 0 Å². The van der Waals surface area contributed by atoms with Gasteiger partial charge in [-0.15, -0.1) is 12.4 Å². The van der Waals surface area contributed by atoms with Crippen LogP contribution < -0.4 is 5.32 Å². The zero-order chi connectivity index (χ0) is 5.70. The molecule has 0 radical (unpaired) electrons. The molecule has 0 bridgehead atoms. The van der Waals surface area contributed by atoms with Gasteiger partial charge in [-0.3, -0.25) is 0 Å². The highest BCUT2D eigenvalue weighted by atomic mass is 35.5. The molecule has 0 aliphatic rings. The van der Waals surface area contributed by atoms with Crippen LogP contribution in [0.1, 0.15) is 20.8 Å². The fraction of sp³-hybridized carbons (Fsp3) is 1.00. The van der Waals surface area contributed by atoms with E-state index in [0.29, 0.717) is 0 Å². The maximum absolute atomic E-state index is 3.25. The van der Waals surface area contributed by atoms with Crippen molar-refractivity contribution >= 4 is 12.4 Å². The minimum atomic E-state index is 0. The Hall–Kier alpha value is 0.250. The van der Waals surface area contributed by atoms with Crippen molar-refractivity contribution in [2.45, 2.75) is 20.8 Å². The zero-order valence-corrected chi connectivity index (χ0v) is 6.72.